The average Bonchev–Trinajstić information content (AvgIpc) is 3.20. The number of rotatable bonds is 4. The van der Waals surface area contributed by atoms with Gasteiger partial charge in [0.25, 0.3) is 0 Å². The molecule has 5 heteroatoms. The van der Waals surface area contributed by atoms with Gasteiger partial charge in [-0.15, -0.1) is 0 Å². The molecule has 5 nitrogen and oxygen atoms in total. The number of nitrogens with one attached hydrogen (secondary N) is 1. The molecule has 1 aromatic rings. The second-order valence-electron chi connectivity index (χ2n) is 7.20. The number of nitrogens with zero attached hydrogens (tertiary/aromatic N) is 2. The van der Waals surface area contributed by atoms with E-state index >= 15 is 0 Å². The predicted molar refractivity (Wildman–Crippen MR) is 87.6 cm³/mol. The van der Waals surface area contributed by atoms with Crippen LogP contribution in [0.15, 0.2) is 24.5 Å². The number of hydrogen-bond donors (Lipinski definition) is 1. The highest BCUT2D eigenvalue weighted by atomic mass is 16.2. The SMILES string of the molecule is CC(C)C(=O)NC1CC12CCN(C(=O)Cc1cccnc1)CC2. The highest BCUT2D eigenvalue weighted by Crippen LogP contribution is 2.53. The Hall–Kier alpha value is -1.91. The van der Waals surface area contributed by atoms with Crippen LogP contribution in [0.2, 0.25) is 0 Å². The molecule has 0 bridgehead atoms. The lowest BCUT2D eigenvalue weighted by atomic mass is 9.92. The first kappa shape index (κ1) is 16.0. The van der Waals surface area contributed by atoms with Gasteiger partial charge in [-0.25, -0.2) is 0 Å². The summed E-state index contributed by atoms with van der Waals surface area (Å²) in [7, 11) is 0. The largest absolute Gasteiger partial charge is 0.353 e. The van der Waals surface area contributed by atoms with E-state index in [1.165, 1.54) is 0 Å². The first-order valence-corrected chi connectivity index (χ1v) is 8.47. The van der Waals surface area contributed by atoms with Gasteiger partial charge in [0.2, 0.25) is 11.8 Å². The van der Waals surface area contributed by atoms with E-state index in [9.17, 15) is 9.59 Å². The molecule has 1 aliphatic carbocycles. The first-order chi connectivity index (χ1) is 11.0. The number of pyridine rings is 1. The maximum absolute atomic E-state index is 12.4. The molecule has 1 spiro atoms. The van der Waals surface area contributed by atoms with Crippen molar-refractivity contribution in [2.75, 3.05) is 13.1 Å². The molecule has 23 heavy (non-hydrogen) atoms. The van der Waals surface area contributed by atoms with E-state index in [0.717, 1.165) is 37.9 Å². The molecule has 3 rings (SSSR count). The summed E-state index contributed by atoms with van der Waals surface area (Å²) in [5.74, 6) is 0.354. The lowest BCUT2D eigenvalue weighted by Crippen LogP contribution is -2.42. The van der Waals surface area contributed by atoms with Crippen LogP contribution < -0.4 is 5.32 Å². The van der Waals surface area contributed by atoms with Gasteiger partial charge in [0.1, 0.15) is 0 Å². The summed E-state index contributed by atoms with van der Waals surface area (Å²) in [6.07, 6.45) is 6.95. The van der Waals surface area contributed by atoms with Crippen LogP contribution in [0.5, 0.6) is 0 Å². The normalized spacial score (nSPS) is 22.2. The van der Waals surface area contributed by atoms with Crippen LogP contribution >= 0.6 is 0 Å². The molecule has 1 aromatic heterocycles. The Bertz CT molecular complexity index is 577. The molecular formula is C18H25N3O2. The average molecular weight is 315 g/mol. The molecular weight excluding hydrogens is 290 g/mol. The number of likely N-dealkylation sites (tertiary alicyclic amines) is 1. The molecule has 2 fully saturated rings. The molecule has 1 atom stereocenters. The van der Waals surface area contributed by atoms with Crippen LogP contribution in [0.4, 0.5) is 0 Å². The molecule has 2 aliphatic rings. The lowest BCUT2D eigenvalue weighted by molar-refractivity contribution is -0.132. The van der Waals surface area contributed by atoms with Crippen LogP contribution in [0, 0.1) is 11.3 Å². The fourth-order valence-electron chi connectivity index (χ4n) is 3.43. The number of aromatic nitrogens is 1. The Morgan fingerprint density at radius 3 is 2.74 bits per heavy atom. The van der Waals surface area contributed by atoms with Crippen molar-refractivity contribution in [2.45, 2.75) is 45.6 Å². The molecule has 1 saturated heterocycles. The molecule has 124 valence electrons. The molecule has 0 radical (unpaired) electrons. The molecule has 2 amide bonds. The maximum Gasteiger partial charge on any atom is 0.227 e. The van der Waals surface area contributed by atoms with Gasteiger partial charge in [0.15, 0.2) is 0 Å². The van der Waals surface area contributed by atoms with E-state index < -0.39 is 0 Å². The van der Waals surface area contributed by atoms with E-state index in [1.54, 1.807) is 12.4 Å². The van der Waals surface area contributed by atoms with E-state index in [1.807, 2.05) is 30.9 Å². The van der Waals surface area contributed by atoms with Gasteiger partial charge in [0.05, 0.1) is 6.42 Å². The summed E-state index contributed by atoms with van der Waals surface area (Å²) in [6, 6.07) is 4.11. The van der Waals surface area contributed by atoms with Crippen molar-refractivity contribution in [2.24, 2.45) is 11.3 Å². The quantitative estimate of drug-likeness (QED) is 0.921. The lowest BCUT2D eigenvalue weighted by Gasteiger charge is -2.33. The molecule has 2 heterocycles. The third-order valence-corrected chi connectivity index (χ3v) is 5.22. The Morgan fingerprint density at radius 2 is 2.13 bits per heavy atom. The van der Waals surface area contributed by atoms with Crippen molar-refractivity contribution in [1.82, 2.24) is 15.2 Å². The van der Waals surface area contributed by atoms with E-state index in [4.69, 9.17) is 0 Å². The smallest absolute Gasteiger partial charge is 0.227 e. The van der Waals surface area contributed by atoms with Crippen LogP contribution in [0.25, 0.3) is 0 Å². The van der Waals surface area contributed by atoms with Crippen molar-refractivity contribution in [3.8, 4) is 0 Å². The van der Waals surface area contributed by atoms with E-state index in [0.29, 0.717) is 12.5 Å². The molecule has 0 aromatic carbocycles. The summed E-state index contributed by atoms with van der Waals surface area (Å²) in [5, 5.41) is 3.15. The van der Waals surface area contributed by atoms with Crippen LogP contribution in [0.3, 0.4) is 0 Å². The zero-order chi connectivity index (χ0) is 16.4. The highest BCUT2D eigenvalue weighted by molar-refractivity contribution is 5.79. The van der Waals surface area contributed by atoms with Gasteiger partial charge in [-0.05, 0) is 36.3 Å². The minimum atomic E-state index is 0.0359. The predicted octanol–water partition coefficient (Wildman–Crippen LogP) is 1.78. The molecule has 1 N–H and O–H groups in total. The van der Waals surface area contributed by atoms with Crippen LogP contribution in [-0.2, 0) is 16.0 Å². The second-order valence-corrected chi connectivity index (χ2v) is 7.20. The zero-order valence-electron chi connectivity index (χ0n) is 13.9. The van der Waals surface area contributed by atoms with Crippen LogP contribution in [-0.4, -0.2) is 40.8 Å². The van der Waals surface area contributed by atoms with Crippen molar-refractivity contribution >= 4 is 11.8 Å². The number of hydrogen-bond acceptors (Lipinski definition) is 3. The molecule has 1 aliphatic heterocycles. The van der Waals surface area contributed by atoms with Gasteiger partial charge in [-0.3, -0.25) is 14.6 Å². The standard InChI is InChI=1S/C18H25N3O2/c1-13(2)17(23)20-15-11-18(15)5-8-21(9-6-18)16(22)10-14-4-3-7-19-12-14/h3-4,7,12-13,15H,5-6,8-11H2,1-2H3,(H,20,23). The number of amides is 2. The summed E-state index contributed by atoms with van der Waals surface area (Å²) >= 11 is 0. The van der Waals surface area contributed by atoms with E-state index in [2.05, 4.69) is 10.3 Å². The Labute approximate surface area is 137 Å². The fourth-order valence-corrected chi connectivity index (χ4v) is 3.43. The summed E-state index contributed by atoms with van der Waals surface area (Å²) < 4.78 is 0. The summed E-state index contributed by atoms with van der Waals surface area (Å²) in [5.41, 5.74) is 1.21. The number of piperidine rings is 1. The monoisotopic (exact) mass is 315 g/mol. The first-order valence-electron chi connectivity index (χ1n) is 8.47. The summed E-state index contributed by atoms with van der Waals surface area (Å²) in [6.45, 7) is 5.44. The Kier molecular flexibility index (Phi) is 4.37. The highest BCUT2D eigenvalue weighted by Gasteiger charge is 2.55. The van der Waals surface area contributed by atoms with Gasteiger partial charge in [-0.2, -0.15) is 0 Å². The van der Waals surface area contributed by atoms with Crippen molar-refractivity contribution in [3.05, 3.63) is 30.1 Å². The minimum absolute atomic E-state index is 0.0359. The van der Waals surface area contributed by atoms with Gasteiger partial charge >= 0.3 is 0 Å². The Balaban J connectivity index is 1.48. The van der Waals surface area contributed by atoms with Crippen molar-refractivity contribution in [1.29, 1.82) is 0 Å². The van der Waals surface area contributed by atoms with Gasteiger partial charge < -0.3 is 10.2 Å². The molecule has 1 unspecified atom stereocenters. The third-order valence-electron chi connectivity index (χ3n) is 5.22. The van der Waals surface area contributed by atoms with Crippen molar-refractivity contribution in [3.63, 3.8) is 0 Å². The Morgan fingerprint density at radius 1 is 1.39 bits per heavy atom. The zero-order valence-corrected chi connectivity index (χ0v) is 13.9. The number of carbonyl (C=O) groups is 2. The van der Waals surface area contributed by atoms with Gasteiger partial charge in [-0.1, -0.05) is 19.9 Å². The van der Waals surface area contributed by atoms with Crippen LogP contribution in [0.1, 0.15) is 38.7 Å². The van der Waals surface area contributed by atoms with Gasteiger partial charge in [0, 0.05) is 37.4 Å². The van der Waals surface area contributed by atoms with E-state index in [-0.39, 0.29) is 23.1 Å². The summed E-state index contributed by atoms with van der Waals surface area (Å²) in [4.78, 5) is 30.2. The fraction of sp³-hybridized carbons (Fsp3) is 0.611. The molecule has 1 saturated carbocycles. The topological polar surface area (TPSA) is 62.3 Å². The third kappa shape index (κ3) is 3.54. The second kappa shape index (κ2) is 6.30. The number of carbonyl (C=O) groups excluding carboxylic acids is 2. The minimum Gasteiger partial charge on any atom is -0.353 e. The maximum atomic E-state index is 12.4. The van der Waals surface area contributed by atoms with Crippen molar-refractivity contribution < 1.29 is 9.59 Å².